The first kappa shape index (κ1) is 45.5. The summed E-state index contributed by atoms with van der Waals surface area (Å²) in [5.41, 5.74) is 5.33. The van der Waals surface area contributed by atoms with Gasteiger partial charge in [-0.05, 0) is 12.8 Å². The van der Waals surface area contributed by atoms with Gasteiger partial charge in [-0.1, -0.05) is 174 Å². The van der Waals surface area contributed by atoms with Gasteiger partial charge in [0.15, 0.2) is 0 Å². The molecule has 3 N–H and O–H groups in total. The molecule has 0 aliphatic carbocycles. The van der Waals surface area contributed by atoms with Crippen molar-refractivity contribution in [3.63, 3.8) is 0 Å². The average molecular weight is 678 g/mol. The molecule has 8 nitrogen and oxygen atoms in total. The lowest BCUT2D eigenvalue weighted by atomic mass is 10.0. The smallest absolute Gasteiger partial charge is 0.457 e. The molecular formula is C37H76NO7P. The van der Waals surface area contributed by atoms with Crippen molar-refractivity contribution < 1.29 is 32.8 Å². The molecule has 0 aliphatic rings. The van der Waals surface area contributed by atoms with Crippen molar-refractivity contribution in [2.45, 2.75) is 200 Å². The fourth-order valence-electron chi connectivity index (χ4n) is 5.64. The minimum absolute atomic E-state index is 0.0910. The Labute approximate surface area is 284 Å². The van der Waals surface area contributed by atoms with Crippen LogP contribution in [0.1, 0.15) is 194 Å². The lowest BCUT2D eigenvalue weighted by Gasteiger charge is -2.20. The molecule has 276 valence electrons. The summed E-state index contributed by atoms with van der Waals surface area (Å²) in [5.74, 6) is -0.336. The normalized spacial score (nSPS) is 13.6. The highest BCUT2D eigenvalue weighted by Gasteiger charge is 2.25. The number of carbonyl (C=O) groups excluding carboxylic acids is 1. The van der Waals surface area contributed by atoms with Crippen LogP contribution in [0.4, 0.5) is 0 Å². The highest BCUT2D eigenvalue weighted by molar-refractivity contribution is 7.47. The van der Waals surface area contributed by atoms with Crippen LogP contribution < -0.4 is 5.73 Å². The van der Waals surface area contributed by atoms with Crippen LogP contribution in [0.2, 0.25) is 0 Å². The van der Waals surface area contributed by atoms with Crippen molar-refractivity contribution in [3.05, 3.63) is 0 Å². The zero-order chi connectivity index (χ0) is 33.8. The van der Waals surface area contributed by atoms with E-state index in [1.54, 1.807) is 0 Å². The van der Waals surface area contributed by atoms with Gasteiger partial charge in [0.05, 0.1) is 19.8 Å². The fourth-order valence-corrected chi connectivity index (χ4v) is 6.41. The number of rotatable bonds is 38. The Hall–Kier alpha value is -0.500. The standard InChI is InChI=1S/C37H76NO7P/c1-3-5-7-9-11-12-13-14-15-16-17-18-19-20-21-22-23-24-25-27-29-32-42-34-36(35-44-46(40,41)43-33-31-38)45-37(39)30-28-26-10-8-6-4-2/h36H,3-35,38H2,1-2H3,(H,40,41). The molecule has 0 heterocycles. The Morgan fingerprint density at radius 3 is 1.37 bits per heavy atom. The second kappa shape index (κ2) is 35.8. The summed E-state index contributed by atoms with van der Waals surface area (Å²) >= 11 is 0. The molecule has 0 aromatic rings. The molecular weight excluding hydrogens is 601 g/mol. The highest BCUT2D eigenvalue weighted by atomic mass is 31.2. The van der Waals surface area contributed by atoms with Gasteiger partial charge in [-0.3, -0.25) is 13.8 Å². The molecule has 0 saturated carbocycles. The number of nitrogens with two attached hydrogens (primary N) is 1. The predicted molar refractivity (Wildman–Crippen MR) is 192 cm³/mol. The molecule has 0 amide bonds. The molecule has 0 aliphatic heterocycles. The van der Waals surface area contributed by atoms with Crippen molar-refractivity contribution in [2.24, 2.45) is 5.73 Å². The summed E-state index contributed by atoms with van der Waals surface area (Å²) in [6.45, 7) is 4.89. The van der Waals surface area contributed by atoms with E-state index in [1.165, 1.54) is 141 Å². The Kier molecular flexibility index (Phi) is 35.4. The molecule has 0 bridgehead atoms. The van der Waals surface area contributed by atoms with Gasteiger partial charge < -0.3 is 20.1 Å². The third-order valence-corrected chi connectivity index (χ3v) is 9.51. The van der Waals surface area contributed by atoms with Gasteiger partial charge in [0, 0.05) is 19.6 Å². The number of ether oxygens (including phenoxy) is 2. The number of hydrogen-bond donors (Lipinski definition) is 2. The molecule has 2 unspecified atom stereocenters. The molecule has 0 fully saturated rings. The van der Waals surface area contributed by atoms with E-state index in [4.69, 9.17) is 24.3 Å². The summed E-state index contributed by atoms with van der Waals surface area (Å²) in [4.78, 5) is 22.2. The van der Waals surface area contributed by atoms with Crippen molar-refractivity contribution >= 4 is 13.8 Å². The van der Waals surface area contributed by atoms with Crippen molar-refractivity contribution in [3.8, 4) is 0 Å². The van der Waals surface area contributed by atoms with E-state index in [1.807, 2.05) is 0 Å². The van der Waals surface area contributed by atoms with Gasteiger partial charge in [-0.25, -0.2) is 4.57 Å². The monoisotopic (exact) mass is 678 g/mol. The first-order chi connectivity index (χ1) is 22.4. The van der Waals surface area contributed by atoms with Crippen molar-refractivity contribution in [1.29, 1.82) is 0 Å². The molecule has 0 saturated heterocycles. The fraction of sp³-hybridized carbons (Fsp3) is 0.973. The summed E-state index contributed by atoms with van der Waals surface area (Å²) in [6.07, 6.45) is 34.4. The van der Waals surface area contributed by atoms with E-state index in [-0.39, 0.29) is 32.3 Å². The maximum atomic E-state index is 12.4. The van der Waals surface area contributed by atoms with Gasteiger partial charge in [0.2, 0.25) is 0 Å². The van der Waals surface area contributed by atoms with Gasteiger partial charge in [0.1, 0.15) is 6.10 Å². The third-order valence-electron chi connectivity index (χ3n) is 8.52. The molecule has 46 heavy (non-hydrogen) atoms. The number of phosphoric acid groups is 1. The van der Waals surface area contributed by atoms with E-state index >= 15 is 0 Å². The Balaban J connectivity index is 3.81. The largest absolute Gasteiger partial charge is 0.472 e. The van der Waals surface area contributed by atoms with Crippen LogP contribution in [0.3, 0.4) is 0 Å². The van der Waals surface area contributed by atoms with E-state index in [0.717, 1.165) is 32.1 Å². The van der Waals surface area contributed by atoms with Crippen LogP contribution >= 0.6 is 7.82 Å². The molecule has 0 aromatic carbocycles. The van der Waals surface area contributed by atoms with Crippen molar-refractivity contribution in [2.75, 3.05) is 33.0 Å². The van der Waals surface area contributed by atoms with Gasteiger partial charge >= 0.3 is 13.8 Å². The molecule has 0 aromatic heterocycles. The van der Waals surface area contributed by atoms with Crippen LogP contribution in [0.15, 0.2) is 0 Å². The minimum Gasteiger partial charge on any atom is -0.457 e. The van der Waals surface area contributed by atoms with Crippen LogP contribution in [0.5, 0.6) is 0 Å². The van der Waals surface area contributed by atoms with Crippen LogP contribution in [-0.4, -0.2) is 49.9 Å². The van der Waals surface area contributed by atoms with Crippen LogP contribution in [0, 0.1) is 0 Å². The maximum absolute atomic E-state index is 12.4. The molecule has 9 heteroatoms. The molecule has 0 spiro atoms. The molecule has 0 radical (unpaired) electrons. The number of carbonyl (C=O) groups is 1. The predicted octanol–water partition coefficient (Wildman–Crippen LogP) is 11.0. The average Bonchev–Trinajstić information content (AvgIpc) is 3.04. The third kappa shape index (κ3) is 34.8. The minimum atomic E-state index is -4.25. The van der Waals surface area contributed by atoms with E-state index in [9.17, 15) is 14.3 Å². The van der Waals surface area contributed by atoms with Crippen LogP contribution in [0.25, 0.3) is 0 Å². The Morgan fingerprint density at radius 2 is 0.957 bits per heavy atom. The number of unbranched alkanes of at least 4 members (excludes halogenated alkanes) is 25. The maximum Gasteiger partial charge on any atom is 0.472 e. The van der Waals surface area contributed by atoms with E-state index in [2.05, 4.69) is 13.8 Å². The Morgan fingerprint density at radius 1 is 0.565 bits per heavy atom. The van der Waals surface area contributed by atoms with Crippen LogP contribution in [-0.2, 0) is 27.9 Å². The number of hydrogen-bond acceptors (Lipinski definition) is 7. The Bertz CT molecular complexity index is 682. The van der Waals surface area contributed by atoms with E-state index < -0.39 is 13.9 Å². The van der Waals surface area contributed by atoms with Gasteiger partial charge in [-0.15, -0.1) is 0 Å². The van der Waals surface area contributed by atoms with Crippen molar-refractivity contribution in [1.82, 2.24) is 0 Å². The second-order valence-electron chi connectivity index (χ2n) is 13.2. The molecule has 0 rings (SSSR count). The van der Waals surface area contributed by atoms with Gasteiger partial charge in [0.25, 0.3) is 0 Å². The molecule has 2 atom stereocenters. The summed E-state index contributed by atoms with van der Waals surface area (Å²) < 4.78 is 33.1. The zero-order valence-electron chi connectivity index (χ0n) is 30.3. The summed E-state index contributed by atoms with van der Waals surface area (Å²) in [5, 5.41) is 0. The quantitative estimate of drug-likeness (QED) is 0.0377. The highest BCUT2D eigenvalue weighted by Crippen LogP contribution is 2.43. The summed E-state index contributed by atoms with van der Waals surface area (Å²) in [7, 11) is -4.25. The second-order valence-corrected chi connectivity index (χ2v) is 14.6. The SMILES string of the molecule is CCCCCCCCCCCCCCCCCCCCCCCOCC(COP(=O)(O)OCCN)OC(=O)CCCCCCCC. The first-order valence-electron chi connectivity index (χ1n) is 19.5. The first-order valence-corrected chi connectivity index (χ1v) is 21.0. The lowest BCUT2D eigenvalue weighted by Crippen LogP contribution is -2.28. The lowest BCUT2D eigenvalue weighted by molar-refractivity contribution is -0.154. The number of phosphoric ester groups is 1. The van der Waals surface area contributed by atoms with Gasteiger partial charge in [-0.2, -0.15) is 0 Å². The topological polar surface area (TPSA) is 117 Å². The van der Waals surface area contributed by atoms with E-state index in [0.29, 0.717) is 13.0 Å². The summed E-state index contributed by atoms with van der Waals surface area (Å²) in [6, 6.07) is 0. The number of esters is 1. The zero-order valence-corrected chi connectivity index (χ0v) is 31.2.